The van der Waals surface area contributed by atoms with E-state index in [0.717, 1.165) is 68.6 Å². The number of nitrogen functional groups attached to an aromatic ring is 1. The van der Waals surface area contributed by atoms with Crippen molar-refractivity contribution in [2.45, 2.75) is 199 Å². The Morgan fingerprint density at radius 2 is 1.17 bits per heavy atom. The number of phosphoric ester groups is 2. The molecule has 7 atom stereocenters. The molecule has 1 fully saturated rings. The Kier molecular flexibility index (Phi) is 35.4. The fourth-order valence-corrected chi connectivity index (χ4v) is 9.45. The van der Waals surface area contributed by atoms with Crippen LogP contribution in [-0.2, 0) is 46.3 Å². The summed E-state index contributed by atoms with van der Waals surface area (Å²) in [5.41, 5.74) is 4.58. The third-order valence-corrected chi connectivity index (χ3v) is 13.9. The average molecular weight is 1050 g/mol. The van der Waals surface area contributed by atoms with Gasteiger partial charge in [-0.15, -0.1) is 0 Å². The van der Waals surface area contributed by atoms with Gasteiger partial charge in [0, 0.05) is 19.0 Å². The summed E-state index contributed by atoms with van der Waals surface area (Å²) in [6.45, 7) is 1.98. The molecule has 1 saturated heterocycles. The van der Waals surface area contributed by atoms with Gasteiger partial charge in [0.05, 0.1) is 13.2 Å². The van der Waals surface area contributed by atoms with Crippen molar-refractivity contribution < 1.29 is 66.3 Å². The first-order chi connectivity index (χ1) is 34.7. The first-order valence-electron chi connectivity index (χ1n) is 25.9. The van der Waals surface area contributed by atoms with Crippen molar-refractivity contribution >= 4 is 33.4 Å². The molecule has 0 aromatic carbocycles. The van der Waals surface area contributed by atoms with Gasteiger partial charge >= 0.3 is 33.3 Å². The summed E-state index contributed by atoms with van der Waals surface area (Å²) in [6.07, 6.45) is 41.4. The second-order valence-corrected chi connectivity index (χ2v) is 20.7. The summed E-state index contributed by atoms with van der Waals surface area (Å²) in [7, 11) is -10.9. The van der Waals surface area contributed by atoms with Crippen LogP contribution in [0.2, 0.25) is 0 Å². The van der Waals surface area contributed by atoms with Gasteiger partial charge in [-0.05, 0) is 57.4 Å². The van der Waals surface area contributed by atoms with E-state index < -0.39 is 83.7 Å². The third kappa shape index (κ3) is 31.7. The predicted octanol–water partition coefficient (Wildman–Crippen LogP) is 10.9. The highest BCUT2D eigenvalue weighted by Gasteiger charge is 2.46. The first kappa shape index (κ1) is 64.3. The second kappa shape index (κ2) is 39.6. The van der Waals surface area contributed by atoms with E-state index >= 15 is 0 Å². The molecule has 0 bridgehead atoms. The second-order valence-electron chi connectivity index (χ2n) is 17.6. The van der Waals surface area contributed by atoms with Crippen LogP contribution in [0.25, 0.3) is 0 Å². The topological polar surface area (TPSA) is 265 Å². The number of aliphatic hydroxyl groups is 2. The number of phosphoric acid groups is 2. The minimum absolute atomic E-state index is 0.000238. The van der Waals surface area contributed by atoms with Gasteiger partial charge in [-0.1, -0.05) is 177 Å². The van der Waals surface area contributed by atoms with Crippen molar-refractivity contribution in [3.05, 3.63) is 95.7 Å². The van der Waals surface area contributed by atoms with Gasteiger partial charge in [-0.25, -0.2) is 13.9 Å². The Morgan fingerprint density at radius 1 is 0.681 bits per heavy atom. The lowest BCUT2D eigenvalue weighted by molar-refractivity contribution is -0.161. The number of aromatic nitrogens is 2. The van der Waals surface area contributed by atoms with E-state index in [0.29, 0.717) is 19.3 Å². The minimum Gasteiger partial charge on any atom is -0.462 e. The highest BCUT2D eigenvalue weighted by molar-refractivity contribution is 7.61. The molecule has 0 amide bonds. The molecule has 1 aliphatic rings. The smallest absolute Gasteiger partial charge is 0.462 e. The molecule has 1 aliphatic heterocycles. The molecular formula is C52H85N3O15P2. The van der Waals surface area contributed by atoms with Crippen LogP contribution in [0, 0.1) is 0 Å². The number of allylic oxidation sites excluding steroid dienone is 12. The maximum Gasteiger partial charge on any atom is 0.481 e. The Hall–Kier alpha value is -3.80. The number of rotatable bonds is 42. The van der Waals surface area contributed by atoms with E-state index in [1.165, 1.54) is 70.3 Å². The molecule has 2 heterocycles. The van der Waals surface area contributed by atoms with Crippen LogP contribution in [0.3, 0.4) is 0 Å². The molecule has 6 N–H and O–H groups in total. The Balaban J connectivity index is 1.82. The molecular weight excluding hydrogens is 969 g/mol. The quantitative estimate of drug-likeness (QED) is 0.0176. The van der Waals surface area contributed by atoms with E-state index in [1.54, 1.807) is 0 Å². The largest absolute Gasteiger partial charge is 0.481 e. The number of anilines is 1. The SMILES string of the molecule is CC/C=C\C/C=C\C/C=C\C/C=C\C/C=C\C/C=C\CCC(=O)OC[C@H](COP(=O)(O)OP(=O)(O)OC[C@H]1O[C@@H](n2ccc(N)nc2=O)C(O)[C@H]1O)OC(=O)CCCCCCCCCCCCCCCCC. The van der Waals surface area contributed by atoms with E-state index in [4.69, 9.17) is 29.0 Å². The lowest BCUT2D eigenvalue weighted by Crippen LogP contribution is -2.36. The number of esters is 2. The summed E-state index contributed by atoms with van der Waals surface area (Å²) in [5.74, 6) is -1.40. The highest BCUT2D eigenvalue weighted by atomic mass is 31.3. The van der Waals surface area contributed by atoms with Gasteiger partial charge in [0.1, 0.15) is 30.7 Å². The minimum atomic E-state index is -5.44. The lowest BCUT2D eigenvalue weighted by Gasteiger charge is -2.21. The van der Waals surface area contributed by atoms with E-state index in [9.17, 15) is 43.5 Å². The van der Waals surface area contributed by atoms with E-state index in [-0.39, 0.29) is 18.7 Å². The van der Waals surface area contributed by atoms with Crippen LogP contribution in [0.1, 0.15) is 174 Å². The normalized spacial score (nSPS) is 19.6. The molecule has 3 unspecified atom stereocenters. The molecule has 18 nitrogen and oxygen atoms in total. The number of ether oxygens (including phenoxy) is 3. The fourth-order valence-electron chi connectivity index (χ4n) is 7.34. The summed E-state index contributed by atoms with van der Waals surface area (Å²) in [6, 6.07) is 1.24. The van der Waals surface area contributed by atoms with Gasteiger partial charge in [-0.3, -0.25) is 23.2 Å². The number of carbonyl (C=O) groups is 2. The molecule has 408 valence electrons. The summed E-state index contributed by atoms with van der Waals surface area (Å²) in [4.78, 5) is 61.9. The zero-order valence-electron chi connectivity index (χ0n) is 42.7. The monoisotopic (exact) mass is 1050 g/mol. The van der Waals surface area contributed by atoms with Crippen molar-refractivity contribution in [2.75, 3.05) is 25.6 Å². The molecule has 0 saturated carbocycles. The third-order valence-electron chi connectivity index (χ3n) is 11.3. The molecule has 72 heavy (non-hydrogen) atoms. The first-order valence-corrected chi connectivity index (χ1v) is 28.9. The zero-order chi connectivity index (χ0) is 52.7. The molecule has 0 radical (unpaired) electrons. The predicted molar refractivity (Wildman–Crippen MR) is 279 cm³/mol. The van der Waals surface area contributed by atoms with Gasteiger partial charge in [-0.2, -0.15) is 9.29 Å². The van der Waals surface area contributed by atoms with Gasteiger partial charge in [0.25, 0.3) is 0 Å². The van der Waals surface area contributed by atoms with Crippen molar-refractivity contribution in [2.24, 2.45) is 0 Å². The van der Waals surface area contributed by atoms with Crippen molar-refractivity contribution in [3.63, 3.8) is 0 Å². The Bertz CT molecular complexity index is 1990. The number of hydrogen-bond donors (Lipinski definition) is 5. The van der Waals surface area contributed by atoms with Gasteiger partial charge < -0.3 is 39.9 Å². The molecule has 20 heteroatoms. The molecule has 1 aromatic heterocycles. The number of nitrogens with two attached hydrogens (primary N) is 1. The summed E-state index contributed by atoms with van der Waals surface area (Å²) in [5, 5.41) is 20.9. The fraction of sp³-hybridized carbons (Fsp3) is 0.654. The number of hydrogen-bond acceptors (Lipinski definition) is 15. The lowest BCUT2D eigenvalue weighted by atomic mass is 10.0. The Morgan fingerprint density at radius 3 is 1.68 bits per heavy atom. The average Bonchev–Trinajstić information content (AvgIpc) is 3.62. The summed E-state index contributed by atoms with van der Waals surface area (Å²) < 4.78 is 56.7. The Labute approximate surface area is 427 Å². The van der Waals surface area contributed by atoms with Crippen LogP contribution in [0.4, 0.5) is 5.82 Å². The zero-order valence-corrected chi connectivity index (χ0v) is 44.5. The molecule has 2 rings (SSSR count). The van der Waals surface area contributed by atoms with Crippen molar-refractivity contribution in [1.29, 1.82) is 0 Å². The number of nitrogens with zero attached hydrogens (tertiary/aromatic N) is 2. The van der Waals surface area contributed by atoms with Gasteiger partial charge in [0.15, 0.2) is 12.3 Å². The van der Waals surface area contributed by atoms with Crippen molar-refractivity contribution in [1.82, 2.24) is 9.55 Å². The van der Waals surface area contributed by atoms with Crippen LogP contribution in [0.5, 0.6) is 0 Å². The molecule has 0 spiro atoms. The van der Waals surface area contributed by atoms with E-state index in [2.05, 4.69) is 77.8 Å². The van der Waals surface area contributed by atoms with Crippen LogP contribution in [0.15, 0.2) is 90.0 Å². The van der Waals surface area contributed by atoms with Crippen LogP contribution >= 0.6 is 15.6 Å². The maximum absolute atomic E-state index is 12.9. The molecule has 0 aliphatic carbocycles. The number of unbranched alkanes of at least 4 members (excludes halogenated alkanes) is 14. The van der Waals surface area contributed by atoms with Crippen molar-refractivity contribution in [3.8, 4) is 0 Å². The standard InChI is InChI=1S/C52H85N3O15P2/c1-3-5-7-9-11-13-15-17-19-20-21-22-24-25-27-29-31-33-35-37-47(56)65-41-44(68-48(57)38-36-34-32-30-28-26-23-18-16-14-12-10-8-6-4-2)42-66-71(61,62)70-72(63,64)67-43-45-49(58)50(59)51(69-45)55-40-39-46(53)54-52(55)60/h5,7,11,13,17,19,21-22,25,27,31,33,39-40,44-45,49-51,58-59H,3-4,6,8-10,12,14-16,18,20,23-24,26,28-30,32,34-38,41-43H2,1-2H3,(H,61,62)(H,63,64)(H2,53,54,60)/b7-5-,13-11-,19-17-,22-21-,27-25-,33-31-/t44-,45-,49+,50?,51-/m1/s1. The van der Waals surface area contributed by atoms with Crippen LogP contribution < -0.4 is 11.4 Å². The highest BCUT2D eigenvalue weighted by Crippen LogP contribution is 2.60. The van der Waals surface area contributed by atoms with E-state index in [1.807, 2.05) is 18.2 Å². The molecule has 1 aromatic rings. The van der Waals surface area contributed by atoms with Crippen LogP contribution in [-0.4, -0.2) is 85.7 Å². The number of carbonyl (C=O) groups excluding carboxylic acids is 2. The summed E-state index contributed by atoms with van der Waals surface area (Å²) >= 11 is 0. The number of aliphatic hydroxyl groups excluding tert-OH is 2. The van der Waals surface area contributed by atoms with Gasteiger partial charge in [0.2, 0.25) is 0 Å². The maximum atomic E-state index is 12.9.